The molecule has 0 saturated heterocycles. The van der Waals surface area contributed by atoms with Crippen molar-refractivity contribution in [1.29, 1.82) is 0 Å². The highest BCUT2D eigenvalue weighted by Crippen LogP contribution is 2.22. The summed E-state index contributed by atoms with van der Waals surface area (Å²) < 4.78 is 10.4. The van der Waals surface area contributed by atoms with Crippen molar-refractivity contribution in [3.05, 3.63) is 75.5 Å². The van der Waals surface area contributed by atoms with Gasteiger partial charge in [0.15, 0.2) is 12.4 Å². The van der Waals surface area contributed by atoms with Gasteiger partial charge in [0.25, 0.3) is 5.69 Å². The maximum atomic E-state index is 12.1. The first-order valence-corrected chi connectivity index (χ1v) is 7.40. The Kier molecular flexibility index (Phi) is 4.30. The normalized spacial score (nSPS) is 10.6. The molecular weight excluding hydrogens is 326 g/mol. The molecule has 7 heteroatoms. The number of carbonyl (C=O) groups is 2. The number of nitrogens with zero attached hydrogens (tertiary/aromatic N) is 1. The molecule has 0 N–H and O–H groups in total. The molecule has 0 unspecified atom stereocenters. The fourth-order valence-electron chi connectivity index (χ4n) is 2.44. The molecule has 3 aromatic rings. The Bertz CT molecular complexity index is 955. The molecule has 7 nitrogen and oxygen atoms in total. The van der Waals surface area contributed by atoms with Gasteiger partial charge in [-0.2, -0.15) is 0 Å². The Labute approximate surface area is 142 Å². The van der Waals surface area contributed by atoms with Crippen LogP contribution in [0.4, 0.5) is 5.69 Å². The summed E-state index contributed by atoms with van der Waals surface area (Å²) in [6, 6.07) is 12.8. The first-order chi connectivity index (χ1) is 12.0. The first kappa shape index (κ1) is 16.4. The minimum absolute atomic E-state index is 0.0478. The van der Waals surface area contributed by atoms with Gasteiger partial charge >= 0.3 is 5.97 Å². The van der Waals surface area contributed by atoms with Gasteiger partial charge in [-0.3, -0.25) is 14.9 Å². The smallest absolute Gasteiger partial charge is 0.339 e. The number of esters is 1. The van der Waals surface area contributed by atoms with E-state index < -0.39 is 23.3 Å². The van der Waals surface area contributed by atoms with Crippen molar-refractivity contribution in [1.82, 2.24) is 0 Å². The third-order valence-corrected chi connectivity index (χ3v) is 3.76. The summed E-state index contributed by atoms with van der Waals surface area (Å²) in [5.74, 6) is -1.21. The predicted octanol–water partition coefficient (Wildman–Crippen LogP) is 3.69. The molecule has 2 aromatic carbocycles. The Morgan fingerprint density at radius 2 is 1.92 bits per heavy atom. The summed E-state index contributed by atoms with van der Waals surface area (Å²) in [5, 5.41) is 11.7. The standard InChI is InChI=1S/C18H13NO6/c1-11-13(6-4-7-14(11)19(22)23)18(21)24-10-15(20)17-9-12-5-2-3-8-16(12)25-17/h2-9H,10H2,1H3. The van der Waals surface area contributed by atoms with Crippen LogP contribution in [0.5, 0.6) is 0 Å². The number of carbonyl (C=O) groups excluding carboxylic acids is 2. The molecule has 0 atom stereocenters. The number of nitro benzene ring substituents is 1. The van der Waals surface area contributed by atoms with E-state index in [0.717, 1.165) is 5.39 Å². The zero-order valence-electron chi connectivity index (χ0n) is 13.2. The van der Waals surface area contributed by atoms with Gasteiger partial charge in [0.05, 0.1) is 10.5 Å². The fourth-order valence-corrected chi connectivity index (χ4v) is 2.44. The number of benzene rings is 2. The average molecular weight is 339 g/mol. The average Bonchev–Trinajstić information content (AvgIpc) is 3.03. The molecule has 0 radical (unpaired) electrons. The molecule has 0 aliphatic heterocycles. The lowest BCUT2D eigenvalue weighted by Gasteiger charge is -2.06. The Hall–Kier alpha value is -3.48. The van der Waals surface area contributed by atoms with Gasteiger partial charge in [-0.25, -0.2) is 4.79 Å². The van der Waals surface area contributed by atoms with Crippen molar-refractivity contribution in [3.8, 4) is 0 Å². The SMILES string of the molecule is Cc1c(C(=O)OCC(=O)c2cc3ccccc3o2)cccc1[N+](=O)[O-]. The number of nitro groups is 1. The number of hydrogen-bond donors (Lipinski definition) is 0. The van der Waals surface area contributed by atoms with Crippen LogP contribution in [0.3, 0.4) is 0 Å². The molecule has 0 bridgehead atoms. The molecule has 1 heterocycles. The molecular formula is C18H13NO6. The Morgan fingerprint density at radius 3 is 2.64 bits per heavy atom. The molecule has 0 fully saturated rings. The van der Waals surface area contributed by atoms with Crippen LogP contribution < -0.4 is 0 Å². The zero-order chi connectivity index (χ0) is 18.0. The van der Waals surface area contributed by atoms with E-state index in [0.29, 0.717) is 5.58 Å². The summed E-state index contributed by atoms with van der Waals surface area (Å²) in [6.07, 6.45) is 0. The molecule has 0 aliphatic carbocycles. The lowest BCUT2D eigenvalue weighted by molar-refractivity contribution is -0.385. The Balaban J connectivity index is 1.73. The van der Waals surface area contributed by atoms with E-state index in [-0.39, 0.29) is 22.6 Å². The maximum Gasteiger partial charge on any atom is 0.339 e. The second-order valence-electron chi connectivity index (χ2n) is 5.35. The third kappa shape index (κ3) is 3.25. The van der Waals surface area contributed by atoms with Crippen LogP contribution in [0.25, 0.3) is 11.0 Å². The first-order valence-electron chi connectivity index (χ1n) is 7.40. The van der Waals surface area contributed by atoms with Gasteiger partial charge in [-0.15, -0.1) is 0 Å². The van der Waals surface area contributed by atoms with Gasteiger partial charge in [0.1, 0.15) is 5.58 Å². The molecule has 25 heavy (non-hydrogen) atoms. The van der Waals surface area contributed by atoms with Gasteiger partial charge in [0.2, 0.25) is 5.78 Å². The quantitative estimate of drug-likeness (QED) is 0.304. The monoisotopic (exact) mass is 339 g/mol. The summed E-state index contributed by atoms with van der Waals surface area (Å²) in [6.45, 7) is 0.941. The van der Waals surface area contributed by atoms with Crippen LogP contribution in [-0.4, -0.2) is 23.3 Å². The minimum atomic E-state index is -0.800. The maximum absolute atomic E-state index is 12.1. The number of hydrogen-bond acceptors (Lipinski definition) is 6. The number of rotatable bonds is 5. The van der Waals surface area contributed by atoms with Crippen LogP contribution >= 0.6 is 0 Å². The predicted molar refractivity (Wildman–Crippen MR) is 88.7 cm³/mol. The minimum Gasteiger partial charge on any atom is -0.454 e. The van der Waals surface area contributed by atoms with Gasteiger partial charge in [-0.05, 0) is 25.1 Å². The van der Waals surface area contributed by atoms with E-state index in [4.69, 9.17) is 9.15 Å². The van der Waals surface area contributed by atoms with E-state index in [1.165, 1.54) is 25.1 Å². The lowest BCUT2D eigenvalue weighted by atomic mass is 10.1. The second-order valence-corrected chi connectivity index (χ2v) is 5.35. The van der Waals surface area contributed by atoms with E-state index in [1.807, 2.05) is 6.07 Å². The number of Topliss-reactive ketones (excluding diaryl/α,β-unsaturated/α-hetero) is 1. The lowest BCUT2D eigenvalue weighted by Crippen LogP contribution is -2.15. The van der Waals surface area contributed by atoms with Crippen LogP contribution in [0, 0.1) is 17.0 Å². The van der Waals surface area contributed by atoms with Crippen molar-refractivity contribution in [3.63, 3.8) is 0 Å². The summed E-state index contributed by atoms with van der Waals surface area (Å²) in [7, 11) is 0. The molecule has 0 saturated carbocycles. The van der Waals surface area contributed by atoms with Crippen molar-refractivity contribution in [2.24, 2.45) is 0 Å². The van der Waals surface area contributed by atoms with Gasteiger partial charge in [-0.1, -0.05) is 24.3 Å². The highest BCUT2D eigenvalue weighted by Gasteiger charge is 2.21. The molecule has 0 spiro atoms. The van der Waals surface area contributed by atoms with Gasteiger partial charge in [0, 0.05) is 17.0 Å². The van der Waals surface area contributed by atoms with Crippen LogP contribution in [0.15, 0.2) is 52.9 Å². The van der Waals surface area contributed by atoms with E-state index in [2.05, 4.69) is 0 Å². The third-order valence-electron chi connectivity index (χ3n) is 3.76. The number of para-hydroxylation sites is 1. The summed E-state index contributed by atoms with van der Waals surface area (Å²) in [5.41, 5.74) is 0.616. The Morgan fingerprint density at radius 1 is 1.16 bits per heavy atom. The second kappa shape index (κ2) is 6.56. The van der Waals surface area contributed by atoms with E-state index in [1.54, 1.807) is 24.3 Å². The summed E-state index contributed by atoms with van der Waals surface area (Å²) >= 11 is 0. The molecule has 1 aromatic heterocycles. The number of ketones is 1. The van der Waals surface area contributed by atoms with Crippen LogP contribution in [0.1, 0.15) is 26.5 Å². The molecule has 126 valence electrons. The van der Waals surface area contributed by atoms with Crippen LogP contribution in [0.2, 0.25) is 0 Å². The van der Waals surface area contributed by atoms with Crippen molar-refractivity contribution >= 4 is 28.4 Å². The van der Waals surface area contributed by atoms with Crippen molar-refractivity contribution in [2.45, 2.75) is 6.92 Å². The van der Waals surface area contributed by atoms with Gasteiger partial charge < -0.3 is 9.15 Å². The van der Waals surface area contributed by atoms with Crippen LogP contribution in [-0.2, 0) is 4.74 Å². The van der Waals surface area contributed by atoms with E-state index in [9.17, 15) is 19.7 Å². The van der Waals surface area contributed by atoms with Crippen molar-refractivity contribution in [2.75, 3.05) is 6.61 Å². The highest BCUT2D eigenvalue weighted by molar-refractivity contribution is 6.00. The number of furan rings is 1. The topological polar surface area (TPSA) is 99.7 Å². The van der Waals surface area contributed by atoms with E-state index >= 15 is 0 Å². The zero-order valence-corrected chi connectivity index (χ0v) is 13.2. The largest absolute Gasteiger partial charge is 0.454 e. The number of fused-ring (bicyclic) bond motifs is 1. The van der Waals surface area contributed by atoms with Crippen molar-refractivity contribution < 1.29 is 23.7 Å². The number of ether oxygens (including phenoxy) is 1. The molecule has 3 rings (SSSR count). The fraction of sp³-hybridized carbons (Fsp3) is 0.111. The molecule has 0 amide bonds. The molecule has 0 aliphatic rings. The highest BCUT2D eigenvalue weighted by atomic mass is 16.6. The summed E-state index contributed by atoms with van der Waals surface area (Å²) in [4.78, 5) is 34.6.